The maximum atomic E-state index is 12.7. The largest absolute Gasteiger partial charge is 0.486 e. The molecular formula is C31H35NO7S. The maximum Gasteiger partial charge on any atom is 0.322 e. The standard InChI is InChI=1S/C31H35NO7S/c1-20(2)30(31(33)34)32-40(35,36)26-16-12-23(13-17-26)22-10-14-25(15-11-22)38-19-28-21(3)29-24(8-6-18-37-4)7-5-9-27(29)39-28/h5,7,9-17,20,30,32H,6,8,18-19H2,1-4H3,(H,33,34)/t30-/m0/s1. The monoisotopic (exact) mass is 565 g/mol. The molecule has 0 radical (unpaired) electrons. The molecule has 0 fully saturated rings. The zero-order valence-corrected chi connectivity index (χ0v) is 24.0. The van der Waals surface area contributed by atoms with Crippen LogP contribution in [0.15, 0.2) is 76.0 Å². The third kappa shape index (κ3) is 6.72. The van der Waals surface area contributed by atoms with E-state index < -0.39 is 28.0 Å². The lowest BCUT2D eigenvalue weighted by molar-refractivity contribution is -0.140. The summed E-state index contributed by atoms with van der Waals surface area (Å²) in [6.07, 6.45) is 1.86. The van der Waals surface area contributed by atoms with Crippen LogP contribution in [-0.4, -0.2) is 39.3 Å². The molecule has 0 saturated heterocycles. The lowest BCUT2D eigenvalue weighted by atomic mass is 10.0. The molecule has 4 rings (SSSR count). The molecule has 0 amide bonds. The highest BCUT2D eigenvalue weighted by Crippen LogP contribution is 2.31. The van der Waals surface area contributed by atoms with E-state index in [2.05, 4.69) is 17.7 Å². The lowest BCUT2D eigenvalue weighted by Gasteiger charge is -2.18. The zero-order valence-electron chi connectivity index (χ0n) is 23.1. The summed E-state index contributed by atoms with van der Waals surface area (Å²) in [6, 6.07) is 18.7. The predicted octanol–water partition coefficient (Wildman–Crippen LogP) is 5.95. The summed E-state index contributed by atoms with van der Waals surface area (Å²) in [7, 11) is -2.27. The number of fused-ring (bicyclic) bond motifs is 1. The Labute approximate surface area is 235 Å². The third-order valence-corrected chi connectivity index (χ3v) is 8.33. The minimum atomic E-state index is -3.98. The molecule has 9 heteroatoms. The molecule has 8 nitrogen and oxygen atoms in total. The fourth-order valence-corrected chi connectivity index (χ4v) is 5.95. The van der Waals surface area contributed by atoms with Crippen molar-refractivity contribution in [2.75, 3.05) is 13.7 Å². The first-order chi connectivity index (χ1) is 19.1. The highest BCUT2D eigenvalue weighted by molar-refractivity contribution is 7.89. The van der Waals surface area contributed by atoms with E-state index in [4.69, 9.17) is 13.9 Å². The van der Waals surface area contributed by atoms with Gasteiger partial charge in [-0.05, 0) is 72.7 Å². The summed E-state index contributed by atoms with van der Waals surface area (Å²) in [5.74, 6) is -0.144. The fourth-order valence-electron chi connectivity index (χ4n) is 4.61. The lowest BCUT2D eigenvalue weighted by Crippen LogP contribution is -2.44. The molecule has 1 aromatic heterocycles. The number of aryl methyl sites for hydroxylation is 2. The number of ether oxygens (including phenoxy) is 2. The van der Waals surface area contributed by atoms with Crippen molar-refractivity contribution in [3.63, 3.8) is 0 Å². The number of sulfonamides is 1. The van der Waals surface area contributed by atoms with Gasteiger partial charge in [0.05, 0.1) is 4.90 Å². The van der Waals surface area contributed by atoms with Crippen LogP contribution in [0.2, 0.25) is 0 Å². The Hall–Kier alpha value is -3.66. The number of hydrogen-bond acceptors (Lipinski definition) is 6. The van der Waals surface area contributed by atoms with Crippen molar-refractivity contribution in [1.82, 2.24) is 4.72 Å². The van der Waals surface area contributed by atoms with Gasteiger partial charge in [-0.1, -0.05) is 50.2 Å². The number of carboxylic acids is 1. The minimum absolute atomic E-state index is 0.00571. The van der Waals surface area contributed by atoms with E-state index in [9.17, 15) is 18.3 Å². The van der Waals surface area contributed by atoms with Gasteiger partial charge in [0, 0.05) is 24.7 Å². The van der Waals surface area contributed by atoms with Crippen molar-refractivity contribution < 1.29 is 32.2 Å². The molecule has 1 atom stereocenters. The second kappa shape index (κ2) is 12.7. The Morgan fingerprint density at radius 2 is 1.65 bits per heavy atom. The Bertz CT molecular complexity index is 1560. The number of furan rings is 1. The van der Waals surface area contributed by atoms with Crippen molar-refractivity contribution in [3.05, 3.63) is 83.6 Å². The van der Waals surface area contributed by atoms with Crippen LogP contribution < -0.4 is 9.46 Å². The van der Waals surface area contributed by atoms with Gasteiger partial charge in [0.2, 0.25) is 10.0 Å². The number of methoxy groups -OCH3 is 1. The Morgan fingerprint density at radius 3 is 2.25 bits per heavy atom. The van der Waals surface area contributed by atoms with E-state index in [0.717, 1.165) is 46.3 Å². The van der Waals surface area contributed by atoms with Crippen LogP contribution in [0, 0.1) is 12.8 Å². The maximum absolute atomic E-state index is 12.7. The number of rotatable bonds is 13. The van der Waals surface area contributed by atoms with E-state index in [-0.39, 0.29) is 4.90 Å². The third-order valence-electron chi connectivity index (χ3n) is 6.87. The Balaban J connectivity index is 1.42. The first kappa shape index (κ1) is 29.3. The summed E-state index contributed by atoms with van der Waals surface area (Å²) < 4.78 is 45.0. The minimum Gasteiger partial charge on any atom is -0.486 e. The smallest absolute Gasteiger partial charge is 0.322 e. The van der Waals surface area contributed by atoms with Crippen molar-refractivity contribution in [2.45, 2.75) is 51.2 Å². The molecule has 0 aliphatic rings. The van der Waals surface area contributed by atoms with Crippen LogP contribution in [0.1, 0.15) is 37.2 Å². The van der Waals surface area contributed by atoms with E-state index in [1.807, 2.05) is 36.4 Å². The highest BCUT2D eigenvalue weighted by atomic mass is 32.2. The molecule has 1 heterocycles. The van der Waals surface area contributed by atoms with Crippen LogP contribution in [0.25, 0.3) is 22.1 Å². The van der Waals surface area contributed by atoms with Gasteiger partial charge in [0.1, 0.15) is 29.7 Å². The number of aliphatic carboxylic acids is 1. The first-order valence-corrected chi connectivity index (χ1v) is 14.7. The van der Waals surface area contributed by atoms with Crippen LogP contribution >= 0.6 is 0 Å². The molecule has 0 saturated carbocycles. The van der Waals surface area contributed by atoms with Crippen LogP contribution in [0.3, 0.4) is 0 Å². The van der Waals surface area contributed by atoms with Gasteiger partial charge in [0.15, 0.2) is 0 Å². The van der Waals surface area contributed by atoms with Crippen molar-refractivity contribution in [2.24, 2.45) is 5.92 Å². The topological polar surface area (TPSA) is 115 Å². The molecule has 2 N–H and O–H groups in total. The molecular weight excluding hydrogens is 530 g/mol. The number of nitrogens with one attached hydrogen (secondary N) is 1. The number of carboxylic acid groups (broad SMARTS) is 1. The average Bonchev–Trinajstić information content (AvgIpc) is 3.26. The summed E-state index contributed by atoms with van der Waals surface area (Å²) >= 11 is 0. The van der Waals surface area contributed by atoms with Crippen LogP contribution in [0.5, 0.6) is 5.75 Å². The average molecular weight is 566 g/mol. The molecule has 0 bridgehead atoms. The number of hydrogen-bond donors (Lipinski definition) is 2. The quantitative estimate of drug-likeness (QED) is 0.192. The molecule has 0 unspecified atom stereocenters. The van der Waals surface area contributed by atoms with Gasteiger partial charge < -0.3 is 19.0 Å². The summed E-state index contributed by atoms with van der Waals surface area (Å²) in [4.78, 5) is 11.4. The Morgan fingerprint density at radius 1 is 1.00 bits per heavy atom. The SMILES string of the molecule is COCCCc1cccc2oc(COc3ccc(-c4ccc(S(=O)(=O)N[C@H](C(=O)O)C(C)C)cc4)cc3)c(C)c12. The predicted molar refractivity (Wildman–Crippen MR) is 154 cm³/mol. The van der Waals surface area contributed by atoms with E-state index in [1.165, 1.54) is 17.7 Å². The molecule has 3 aromatic carbocycles. The van der Waals surface area contributed by atoms with Gasteiger partial charge in [-0.15, -0.1) is 0 Å². The van der Waals surface area contributed by atoms with Crippen LogP contribution in [0.4, 0.5) is 0 Å². The van der Waals surface area contributed by atoms with Gasteiger partial charge in [-0.3, -0.25) is 4.79 Å². The van der Waals surface area contributed by atoms with E-state index in [1.54, 1.807) is 33.1 Å². The molecule has 0 aliphatic carbocycles. The molecule has 0 spiro atoms. The number of carbonyl (C=O) groups is 1. The summed E-state index contributed by atoms with van der Waals surface area (Å²) in [5.41, 5.74) is 4.87. The van der Waals surface area contributed by atoms with Crippen molar-refractivity contribution in [1.29, 1.82) is 0 Å². The van der Waals surface area contributed by atoms with Crippen LogP contribution in [-0.2, 0) is 32.6 Å². The zero-order chi connectivity index (χ0) is 28.9. The molecule has 4 aromatic rings. The second-order valence-corrected chi connectivity index (χ2v) is 11.8. The molecule has 0 aliphatic heterocycles. The molecule has 40 heavy (non-hydrogen) atoms. The summed E-state index contributed by atoms with van der Waals surface area (Å²) in [5, 5.41) is 10.5. The highest BCUT2D eigenvalue weighted by Gasteiger charge is 2.28. The second-order valence-electron chi connectivity index (χ2n) is 10.1. The number of benzene rings is 3. The van der Waals surface area contributed by atoms with Crippen molar-refractivity contribution in [3.8, 4) is 16.9 Å². The molecule has 212 valence electrons. The van der Waals surface area contributed by atoms with Gasteiger partial charge in [-0.2, -0.15) is 4.72 Å². The van der Waals surface area contributed by atoms with Gasteiger partial charge in [0.25, 0.3) is 0 Å². The Kier molecular flexibility index (Phi) is 9.29. The van der Waals surface area contributed by atoms with Crippen molar-refractivity contribution >= 4 is 27.0 Å². The fraction of sp³-hybridized carbons (Fsp3) is 0.323. The van der Waals surface area contributed by atoms with E-state index >= 15 is 0 Å². The first-order valence-electron chi connectivity index (χ1n) is 13.2. The normalized spacial score (nSPS) is 12.6. The van der Waals surface area contributed by atoms with Gasteiger partial charge in [-0.25, -0.2) is 8.42 Å². The summed E-state index contributed by atoms with van der Waals surface area (Å²) in [6.45, 7) is 6.36. The van der Waals surface area contributed by atoms with Gasteiger partial charge >= 0.3 is 5.97 Å². The van der Waals surface area contributed by atoms with E-state index in [0.29, 0.717) is 19.0 Å².